The van der Waals surface area contributed by atoms with Gasteiger partial charge in [0.05, 0.1) is 0 Å². The van der Waals surface area contributed by atoms with Crippen molar-refractivity contribution in [3.8, 4) is 0 Å². The normalized spacial score (nSPS) is 22.3. The summed E-state index contributed by atoms with van der Waals surface area (Å²) in [5, 5.41) is 0. The van der Waals surface area contributed by atoms with Crippen molar-refractivity contribution in [1.29, 1.82) is 0 Å². The van der Waals surface area contributed by atoms with Crippen LogP contribution < -0.4 is 0 Å². The molecule has 0 bridgehead atoms. The van der Waals surface area contributed by atoms with Gasteiger partial charge >= 0.3 is 0 Å². The molecule has 0 saturated heterocycles. The van der Waals surface area contributed by atoms with E-state index in [2.05, 4.69) is 25.1 Å². The molecule has 0 aromatic heterocycles. The molecule has 1 heteroatoms. The lowest BCUT2D eigenvalue weighted by Crippen LogP contribution is -2.15. The molecule has 0 aliphatic heterocycles. The number of allylic oxidation sites excluding steroid dienone is 2. The van der Waals surface area contributed by atoms with Crippen molar-refractivity contribution in [3.05, 3.63) is 41.0 Å². The van der Waals surface area contributed by atoms with Crippen LogP contribution >= 0.6 is 0 Å². The summed E-state index contributed by atoms with van der Waals surface area (Å²) in [4.78, 5) is 10.9. The fourth-order valence-electron chi connectivity index (χ4n) is 2.22. The van der Waals surface area contributed by atoms with Crippen molar-refractivity contribution in [1.82, 2.24) is 0 Å². The Morgan fingerprint density at radius 2 is 2.14 bits per heavy atom. The third kappa shape index (κ3) is 1.12. The van der Waals surface area contributed by atoms with E-state index >= 15 is 0 Å². The van der Waals surface area contributed by atoms with Crippen LogP contribution in [0.2, 0.25) is 0 Å². The summed E-state index contributed by atoms with van der Waals surface area (Å²) in [6.07, 6.45) is 1.83. The highest BCUT2D eigenvalue weighted by Gasteiger charge is 2.29. The summed E-state index contributed by atoms with van der Waals surface area (Å²) in [7, 11) is 0. The van der Waals surface area contributed by atoms with Gasteiger partial charge in [0.25, 0.3) is 0 Å². The Balaban J connectivity index is 2.54. The Labute approximate surface area is 84.5 Å². The van der Waals surface area contributed by atoms with Crippen LogP contribution in [0.1, 0.15) is 37.3 Å². The number of benzene rings is 1. The fraction of sp³-hybridized carbons (Fsp3) is 0.308. The van der Waals surface area contributed by atoms with Crippen LogP contribution in [0.4, 0.5) is 0 Å². The molecule has 1 aliphatic carbocycles. The van der Waals surface area contributed by atoms with E-state index in [1.54, 1.807) is 0 Å². The number of rotatable bonds is 2. The van der Waals surface area contributed by atoms with Crippen LogP contribution in [0, 0.1) is 0 Å². The number of hydrogen-bond donors (Lipinski definition) is 0. The Morgan fingerprint density at radius 3 is 2.79 bits per heavy atom. The number of carbonyl (C=O) groups is 1. The second-order valence-corrected chi connectivity index (χ2v) is 3.72. The standard InChI is InChI=1S/C13H14O/c1-3-10(8-14)13-9(2)11-6-4-5-7-12(11)13/h4-9H,3H2,1-2H3/b13-10+. The van der Waals surface area contributed by atoms with Gasteiger partial charge in [-0.1, -0.05) is 38.1 Å². The largest absolute Gasteiger partial charge is 0.298 e. The van der Waals surface area contributed by atoms with Crippen LogP contribution in [-0.4, -0.2) is 6.29 Å². The molecule has 1 aromatic rings. The predicted molar refractivity (Wildman–Crippen MR) is 58.1 cm³/mol. The van der Waals surface area contributed by atoms with Crippen molar-refractivity contribution in [2.24, 2.45) is 0 Å². The summed E-state index contributed by atoms with van der Waals surface area (Å²) >= 11 is 0. The first-order chi connectivity index (χ1) is 6.79. The Bertz CT molecular complexity index is 401. The lowest BCUT2D eigenvalue weighted by molar-refractivity contribution is -0.105. The van der Waals surface area contributed by atoms with E-state index in [0.717, 1.165) is 18.3 Å². The molecule has 14 heavy (non-hydrogen) atoms. The zero-order chi connectivity index (χ0) is 10.1. The first-order valence-corrected chi connectivity index (χ1v) is 5.07. The number of aldehydes is 1. The van der Waals surface area contributed by atoms with E-state index < -0.39 is 0 Å². The minimum atomic E-state index is 0.436. The SMILES string of the molecule is CC/C(C=O)=C1\c2ccccc2C1C. The highest BCUT2D eigenvalue weighted by atomic mass is 16.1. The molecule has 0 radical (unpaired) electrons. The lowest BCUT2D eigenvalue weighted by Gasteiger charge is -2.32. The molecule has 0 spiro atoms. The zero-order valence-corrected chi connectivity index (χ0v) is 8.58. The number of fused-ring (bicyclic) bond motifs is 1. The van der Waals surface area contributed by atoms with Crippen molar-refractivity contribution in [2.75, 3.05) is 0 Å². The van der Waals surface area contributed by atoms with Crippen molar-refractivity contribution in [3.63, 3.8) is 0 Å². The molecule has 0 saturated carbocycles. The summed E-state index contributed by atoms with van der Waals surface area (Å²) in [5.74, 6) is 0.436. The maximum atomic E-state index is 10.9. The van der Waals surface area contributed by atoms with Gasteiger partial charge in [0, 0.05) is 5.92 Å². The van der Waals surface area contributed by atoms with Crippen LogP contribution in [0.5, 0.6) is 0 Å². The van der Waals surface area contributed by atoms with Crippen molar-refractivity contribution >= 4 is 11.9 Å². The van der Waals surface area contributed by atoms with Crippen LogP contribution in [0.25, 0.3) is 5.57 Å². The number of carbonyl (C=O) groups excluding carboxylic acids is 1. The van der Waals surface area contributed by atoms with Crippen molar-refractivity contribution < 1.29 is 4.79 Å². The van der Waals surface area contributed by atoms with Gasteiger partial charge in [0.2, 0.25) is 0 Å². The first-order valence-electron chi connectivity index (χ1n) is 5.07. The van der Waals surface area contributed by atoms with Crippen LogP contribution in [0.15, 0.2) is 29.8 Å². The van der Waals surface area contributed by atoms with Crippen LogP contribution in [0.3, 0.4) is 0 Å². The second-order valence-electron chi connectivity index (χ2n) is 3.72. The third-order valence-electron chi connectivity index (χ3n) is 3.02. The van der Waals surface area contributed by atoms with Gasteiger partial charge in [-0.2, -0.15) is 0 Å². The first kappa shape index (κ1) is 9.20. The Kier molecular flexibility index (Phi) is 2.24. The van der Waals surface area contributed by atoms with E-state index in [0.29, 0.717) is 5.92 Å². The zero-order valence-electron chi connectivity index (χ0n) is 8.58. The van der Waals surface area contributed by atoms with Gasteiger partial charge < -0.3 is 0 Å². The molecule has 0 heterocycles. The minimum Gasteiger partial charge on any atom is -0.298 e. The Morgan fingerprint density at radius 1 is 1.43 bits per heavy atom. The minimum absolute atomic E-state index is 0.436. The van der Waals surface area contributed by atoms with E-state index in [1.165, 1.54) is 16.7 Å². The lowest BCUT2D eigenvalue weighted by atomic mass is 9.71. The van der Waals surface area contributed by atoms with Gasteiger partial charge in [-0.05, 0) is 28.7 Å². The molecule has 0 N–H and O–H groups in total. The molecular weight excluding hydrogens is 172 g/mol. The fourth-order valence-corrected chi connectivity index (χ4v) is 2.22. The summed E-state index contributed by atoms with van der Waals surface area (Å²) in [6.45, 7) is 4.20. The maximum absolute atomic E-state index is 10.9. The molecule has 1 nitrogen and oxygen atoms in total. The van der Waals surface area contributed by atoms with E-state index in [9.17, 15) is 4.79 Å². The molecular formula is C13H14O. The topological polar surface area (TPSA) is 17.1 Å². The molecule has 1 aliphatic rings. The molecule has 1 aromatic carbocycles. The molecule has 1 atom stereocenters. The summed E-state index contributed by atoms with van der Waals surface area (Å²) in [6, 6.07) is 8.33. The molecule has 72 valence electrons. The number of hydrogen-bond acceptors (Lipinski definition) is 1. The second kappa shape index (κ2) is 3.41. The third-order valence-corrected chi connectivity index (χ3v) is 3.02. The predicted octanol–water partition coefficient (Wildman–Crippen LogP) is 3.17. The maximum Gasteiger partial charge on any atom is 0.146 e. The smallest absolute Gasteiger partial charge is 0.146 e. The highest BCUT2D eigenvalue weighted by Crippen LogP contribution is 2.47. The van der Waals surface area contributed by atoms with Gasteiger partial charge in [-0.15, -0.1) is 0 Å². The van der Waals surface area contributed by atoms with Gasteiger partial charge in [0.15, 0.2) is 0 Å². The monoisotopic (exact) mass is 186 g/mol. The van der Waals surface area contributed by atoms with Gasteiger partial charge in [-0.25, -0.2) is 0 Å². The van der Waals surface area contributed by atoms with Gasteiger partial charge in [-0.3, -0.25) is 4.79 Å². The van der Waals surface area contributed by atoms with Gasteiger partial charge in [0.1, 0.15) is 6.29 Å². The average molecular weight is 186 g/mol. The summed E-state index contributed by atoms with van der Waals surface area (Å²) in [5.41, 5.74) is 4.84. The molecule has 1 unspecified atom stereocenters. The van der Waals surface area contributed by atoms with Crippen molar-refractivity contribution in [2.45, 2.75) is 26.2 Å². The summed E-state index contributed by atoms with van der Waals surface area (Å²) < 4.78 is 0. The van der Waals surface area contributed by atoms with Crippen LogP contribution in [-0.2, 0) is 4.79 Å². The highest BCUT2D eigenvalue weighted by molar-refractivity contribution is 5.96. The van der Waals surface area contributed by atoms with E-state index in [1.807, 2.05) is 13.0 Å². The van der Waals surface area contributed by atoms with E-state index in [4.69, 9.17) is 0 Å². The molecule has 0 fully saturated rings. The Hall–Kier alpha value is -1.37. The quantitative estimate of drug-likeness (QED) is 0.512. The molecule has 2 rings (SSSR count). The molecule has 0 amide bonds. The van der Waals surface area contributed by atoms with E-state index in [-0.39, 0.29) is 0 Å². The average Bonchev–Trinajstić information content (AvgIpc) is 2.25.